The van der Waals surface area contributed by atoms with Crippen LogP contribution in [0.1, 0.15) is 43.5 Å². The minimum absolute atomic E-state index is 0.0284. The Morgan fingerprint density at radius 3 is 2.60 bits per heavy atom. The average Bonchev–Trinajstić information content (AvgIpc) is 2.75. The van der Waals surface area contributed by atoms with Crippen molar-refractivity contribution >= 4 is 5.97 Å². The summed E-state index contributed by atoms with van der Waals surface area (Å²) in [4.78, 5) is 14.3. The fraction of sp³-hybridized carbons (Fsp3) is 0.562. The first-order valence-electron chi connectivity index (χ1n) is 7.30. The third-order valence-electron chi connectivity index (χ3n) is 4.05. The first kappa shape index (κ1) is 14.9. The van der Waals surface area contributed by atoms with Gasteiger partial charge in [0.1, 0.15) is 11.3 Å². The predicted molar refractivity (Wildman–Crippen MR) is 77.9 cm³/mol. The van der Waals surface area contributed by atoms with Gasteiger partial charge in [-0.1, -0.05) is 12.1 Å². The number of esters is 1. The first-order valence-corrected chi connectivity index (χ1v) is 7.30. The van der Waals surface area contributed by atoms with Crippen LogP contribution in [0.25, 0.3) is 0 Å². The van der Waals surface area contributed by atoms with Crippen molar-refractivity contribution in [3.05, 3.63) is 29.8 Å². The van der Waals surface area contributed by atoms with Gasteiger partial charge in [0.2, 0.25) is 0 Å². The number of nitrogens with zero attached hydrogens (tertiary/aromatic N) is 1. The normalized spacial score (nSPS) is 22.9. The standard InChI is InChI=1S/C16H23NO3/c1-12-8-9-13(2)17(12)10-5-11-20-16(19)14-6-3-4-7-15(14)18/h3-4,6-7,12-13,18H,5,8-11H2,1-2H3/t12-,13-/m0/s1. The molecule has 110 valence electrons. The van der Waals surface area contributed by atoms with E-state index in [2.05, 4.69) is 18.7 Å². The molecule has 1 aliphatic rings. The van der Waals surface area contributed by atoms with Crippen molar-refractivity contribution in [2.75, 3.05) is 13.2 Å². The molecule has 0 aliphatic carbocycles. The zero-order chi connectivity index (χ0) is 14.5. The molecular weight excluding hydrogens is 254 g/mol. The van der Waals surface area contributed by atoms with Crippen molar-refractivity contribution in [1.29, 1.82) is 0 Å². The number of hydrogen-bond acceptors (Lipinski definition) is 4. The Balaban J connectivity index is 1.74. The molecule has 2 rings (SSSR count). The molecule has 0 unspecified atom stereocenters. The number of aromatic hydroxyl groups is 1. The summed E-state index contributed by atoms with van der Waals surface area (Å²) in [6, 6.07) is 7.70. The van der Waals surface area contributed by atoms with Crippen LogP contribution in [0.4, 0.5) is 0 Å². The molecule has 1 aromatic rings. The summed E-state index contributed by atoms with van der Waals surface area (Å²) < 4.78 is 5.21. The van der Waals surface area contributed by atoms with Crippen molar-refractivity contribution < 1.29 is 14.6 Å². The Kier molecular flexibility index (Phi) is 5.01. The van der Waals surface area contributed by atoms with E-state index in [1.165, 1.54) is 18.9 Å². The lowest BCUT2D eigenvalue weighted by Gasteiger charge is -2.25. The van der Waals surface area contributed by atoms with E-state index < -0.39 is 5.97 Å². The third-order valence-corrected chi connectivity index (χ3v) is 4.05. The summed E-state index contributed by atoms with van der Waals surface area (Å²) >= 11 is 0. The van der Waals surface area contributed by atoms with E-state index in [1.54, 1.807) is 18.2 Å². The zero-order valence-corrected chi connectivity index (χ0v) is 12.2. The van der Waals surface area contributed by atoms with Gasteiger partial charge in [-0.15, -0.1) is 0 Å². The minimum Gasteiger partial charge on any atom is -0.507 e. The summed E-state index contributed by atoms with van der Waals surface area (Å²) in [5, 5.41) is 9.57. The van der Waals surface area contributed by atoms with Crippen LogP contribution in [0.2, 0.25) is 0 Å². The van der Waals surface area contributed by atoms with Gasteiger partial charge in [-0.3, -0.25) is 4.90 Å². The van der Waals surface area contributed by atoms with Crippen molar-refractivity contribution in [3.63, 3.8) is 0 Å². The molecule has 0 spiro atoms. The number of benzene rings is 1. The number of carbonyl (C=O) groups excluding carboxylic acids is 1. The van der Waals surface area contributed by atoms with Gasteiger partial charge in [0.05, 0.1) is 6.61 Å². The Bertz CT molecular complexity index is 451. The lowest BCUT2D eigenvalue weighted by molar-refractivity contribution is 0.0479. The fourth-order valence-corrected chi connectivity index (χ4v) is 2.83. The molecule has 0 bridgehead atoms. The van der Waals surface area contributed by atoms with E-state index >= 15 is 0 Å². The van der Waals surface area contributed by atoms with Crippen LogP contribution in [-0.2, 0) is 4.74 Å². The highest BCUT2D eigenvalue weighted by atomic mass is 16.5. The molecule has 0 saturated carbocycles. The Hall–Kier alpha value is -1.55. The number of phenolic OH excluding ortho intramolecular Hbond substituents is 1. The zero-order valence-electron chi connectivity index (χ0n) is 12.2. The lowest BCUT2D eigenvalue weighted by Crippen LogP contribution is -2.34. The molecule has 0 amide bonds. The average molecular weight is 277 g/mol. The van der Waals surface area contributed by atoms with Gasteiger partial charge < -0.3 is 9.84 Å². The van der Waals surface area contributed by atoms with Crippen LogP contribution in [-0.4, -0.2) is 41.2 Å². The van der Waals surface area contributed by atoms with Crippen LogP contribution in [0.3, 0.4) is 0 Å². The van der Waals surface area contributed by atoms with Gasteiger partial charge in [-0.05, 0) is 45.2 Å². The fourth-order valence-electron chi connectivity index (χ4n) is 2.83. The number of carbonyl (C=O) groups is 1. The molecule has 1 aliphatic heterocycles. The molecule has 1 heterocycles. The molecule has 4 heteroatoms. The van der Waals surface area contributed by atoms with Gasteiger partial charge in [-0.25, -0.2) is 4.79 Å². The number of hydrogen-bond donors (Lipinski definition) is 1. The van der Waals surface area contributed by atoms with Crippen LogP contribution in [0.15, 0.2) is 24.3 Å². The van der Waals surface area contributed by atoms with E-state index in [0.29, 0.717) is 18.7 Å². The summed E-state index contributed by atoms with van der Waals surface area (Å²) in [6.45, 7) is 5.84. The number of phenols is 1. The maximum atomic E-state index is 11.8. The van der Waals surface area contributed by atoms with Gasteiger partial charge in [-0.2, -0.15) is 0 Å². The third kappa shape index (κ3) is 3.51. The molecule has 4 nitrogen and oxygen atoms in total. The predicted octanol–water partition coefficient (Wildman–Crippen LogP) is 2.81. The van der Waals surface area contributed by atoms with E-state index in [0.717, 1.165) is 13.0 Å². The minimum atomic E-state index is -0.453. The molecule has 0 radical (unpaired) electrons. The van der Waals surface area contributed by atoms with E-state index in [4.69, 9.17) is 4.74 Å². The smallest absolute Gasteiger partial charge is 0.341 e. The van der Waals surface area contributed by atoms with Crippen LogP contribution in [0, 0.1) is 0 Å². The monoisotopic (exact) mass is 277 g/mol. The molecule has 1 N–H and O–H groups in total. The van der Waals surface area contributed by atoms with Crippen molar-refractivity contribution in [2.45, 2.75) is 45.2 Å². The summed E-state index contributed by atoms with van der Waals surface area (Å²) in [5.74, 6) is -0.482. The topological polar surface area (TPSA) is 49.8 Å². The molecule has 1 aromatic carbocycles. The van der Waals surface area contributed by atoms with Gasteiger partial charge >= 0.3 is 5.97 Å². The first-order chi connectivity index (χ1) is 9.59. The second-order valence-corrected chi connectivity index (χ2v) is 5.52. The highest BCUT2D eigenvalue weighted by Gasteiger charge is 2.26. The summed E-state index contributed by atoms with van der Waals surface area (Å²) in [7, 11) is 0. The Morgan fingerprint density at radius 1 is 1.30 bits per heavy atom. The maximum Gasteiger partial charge on any atom is 0.341 e. The van der Waals surface area contributed by atoms with Gasteiger partial charge in [0.25, 0.3) is 0 Å². The second-order valence-electron chi connectivity index (χ2n) is 5.52. The quantitative estimate of drug-likeness (QED) is 0.664. The second kappa shape index (κ2) is 6.75. The van der Waals surface area contributed by atoms with Crippen LogP contribution in [0.5, 0.6) is 5.75 Å². The molecule has 20 heavy (non-hydrogen) atoms. The molecule has 1 fully saturated rings. The van der Waals surface area contributed by atoms with Crippen molar-refractivity contribution in [3.8, 4) is 5.75 Å². The Labute approximate surface area is 120 Å². The molecule has 1 saturated heterocycles. The van der Waals surface area contributed by atoms with E-state index in [1.807, 2.05) is 0 Å². The van der Waals surface area contributed by atoms with E-state index in [9.17, 15) is 9.90 Å². The largest absolute Gasteiger partial charge is 0.507 e. The highest BCUT2D eigenvalue weighted by molar-refractivity contribution is 5.92. The number of rotatable bonds is 5. The Morgan fingerprint density at radius 2 is 1.95 bits per heavy atom. The highest BCUT2D eigenvalue weighted by Crippen LogP contribution is 2.23. The SMILES string of the molecule is C[C@H]1CC[C@H](C)N1CCCOC(=O)c1ccccc1O. The van der Waals surface area contributed by atoms with Crippen molar-refractivity contribution in [2.24, 2.45) is 0 Å². The summed E-state index contributed by atoms with van der Waals surface area (Å²) in [6.07, 6.45) is 3.33. The number of ether oxygens (including phenoxy) is 1. The number of likely N-dealkylation sites (tertiary alicyclic amines) is 1. The molecule has 0 aromatic heterocycles. The van der Waals surface area contributed by atoms with E-state index in [-0.39, 0.29) is 11.3 Å². The molecular formula is C16H23NO3. The number of para-hydroxylation sites is 1. The van der Waals surface area contributed by atoms with Gasteiger partial charge in [0, 0.05) is 18.6 Å². The van der Waals surface area contributed by atoms with Gasteiger partial charge in [0.15, 0.2) is 0 Å². The lowest BCUT2D eigenvalue weighted by atomic mass is 10.2. The molecule has 2 atom stereocenters. The summed E-state index contributed by atoms with van der Waals surface area (Å²) in [5.41, 5.74) is 0.232. The maximum absolute atomic E-state index is 11.8. The van der Waals surface area contributed by atoms with Crippen LogP contribution >= 0.6 is 0 Å². The van der Waals surface area contributed by atoms with Crippen molar-refractivity contribution in [1.82, 2.24) is 4.90 Å². The van der Waals surface area contributed by atoms with Crippen LogP contribution < -0.4 is 0 Å².